The number of rotatable bonds is 5. The summed E-state index contributed by atoms with van der Waals surface area (Å²) in [4.78, 5) is 13.1. The van der Waals surface area contributed by atoms with Crippen molar-refractivity contribution in [2.24, 2.45) is 0 Å². The molecule has 4 nitrogen and oxygen atoms in total. The van der Waals surface area contributed by atoms with Gasteiger partial charge >= 0.3 is 0 Å². The molecule has 2 N–H and O–H groups in total. The van der Waals surface area contributed by atoms with Crippen LogP contribution in [0.15, 0.2) is 0 Å². The fourth-order valence-electron chi connectivity index (χ4n) is 1.82. The Labute approximate surface area is 90.6 Å². The normalized spacial score (nSPS) is 18.1. The number of aliphatic hydroxyl groups is 1. The van der Waals surface area contributed by atoms with E-state index >= 15 is 0 Å². The minimum Gasteiger partial charge on any atom is -0.386 e. The lowest BCUT2D eigenvalue weighted by molar-refractivity contribution is -0.155. The highest BCUT2D eigenvalue weighted by molar-refractivity contribution is 5.79. The lowest BCUT2D eigenvalue weighted by atomic mass is 9.89. The van der Waals surface area contributed by atoms with E-state index in [9.17, 15) is 9.90 Å². The fraction of sp³-hybridized carbons (Fsp3) is 0.727. The third-order valence-electron chi connectivity index (χ3n) is 2.54. The van der Waals surface area contributed by atoms with Crippen LogP contribution in [0.5, 0.6) is 0 Å². The van der Waals surface area contributed by atoms with Gasteiger partial charge in [-0.3, -0.25) is 10.1 Å². The molecule has 0 spiro atoms. The van der Waals surface area contributed by atoms with E-state index in [-0.39, 0.29) is 12.5 Å². The zero-order valence-corrected chi connectivity index (χ0v) is 9.12. The first-order chi connectivity index (χ1) is 7.11. The van der Waals surface area contributed by atoms with Crippen LogP contribution in [0.1, 0.15) is 19.8 Å². The number of amides is 1. The van der Waals surface area contributed by atoms with Crippen molar-refractivity contribution in [2.45, 2.75) is 25.4 Å². The molecule has 15 heavy (non-hydrogen) atoms. The molecule has 0 atom stereocenters. The van der Waals surface area contributed by atoms with E-state index in [1.807, 2.05) is 6.92 Å². The Morgan fingerprint density at radius 3 is 2.87 bits per heavy atom. The molecule has 84 valence electrons. The zero-order chi connectivity index (χ0) is 11.3. The van der Waals surface area contributed by atoms with Gasteiger partial charge in [0.05, 0.1) is 31.8 Å². The summed E-state index contributed by atoms with van der Waals surface area (Å²) in [6.07, 6.45) is 6.74. The molecule has 1 saturated heterocycles. The summed E-state index contributed by atoms with van der Waals surface area (Å²) < 4.78 is 0. The van der Waals surface area contributed by atoms with Gasteiger partial charge in [0.15, 0.2) is 0 Å². The Kier molecular flexibility index (Phi) is 4.13. The minimum absolute atomic E-state index is 0.00558. The predicted molar refractivity (Wildman–Crippen MR) is 58.1 cm³/mol. The molecular weight excluding hydrogens is 192 g/mol. The smallest absolute Gasteiger partial charge is 0.236 e. The van der Waals surface area contributed by atoms with E-state index in [1.165, 1.54) is 0 Å². The summed E-state index contributed by atoms with van der Waals surface area (Å²) in [5, 5.41) is 12.7. The number of nitrogens with one attached hydrogen (secondary N) is 1. The average molecular weight is 210 g/mol. The molecule has 1 aliphatic heterocycles. The topological polar surface area (TPSA) is 52.6 Å². The van der Waals surface area contributed by atoms with Gasteiger partial charge in [-0.15, -0.1) is 6.42 Å². The summed E-state index contributed by atoms with van der Waals surface area (Å²) in [6, 6.07) is 0. The van der Waals surface area contributed by atoms with Crippen LogP contribution < -0.4 is 5.32 Å². The molecule has 0 aromatic heterocycles. The van der Waals surface area contributed by atoms with Gasteiger partial charge in [0.2, 0.25) is 5.91 Å². The van der Waals surface area contributed by atoms with E-state index in [0.29, 0.717) is 19.6 Å². The summed E-state index contributed by atoms with van der Waals surface area (Å²) in [5.41, 5.74) is -0.642. The average Bonchev–Trinajstić information content (AvgIpc) is 2.14. The van der Waals surface area contributed by atoms with E-state index < -0.39 is 5.60 Å². The molecule has 4 heteroatoms. The van der Waals surface area contributed by atoms with Gasteiger partial charge in [-0.2, -0.15) is 0 Å². The van der Waals surface area contributed by atoms with Gasteiger partial charge in [0, 0.05) is 0 Å². The second-order valence-electron chi connectivity index (χ2n) is 4.03. The maximum absolute atomic E-state index is 11.5. The van der Waals surface area contributed by atoms with Crippen molar-refractivity contribution in [3.05, 3.63) is 0 Å². The fourth-order valence-corrected chi connectivity index (χ4v) is 1.82. The number of β-amino-alcohol motifs (C(OH)–C–C–N with tert-alkyl or cyclic N) is 1. The van der Waals surface area contributed by atoms with Crippen LogP contribution in [0.25, 0.3) is 0 Å². The molecule has 0 bridgehead atoms. The second kappa shape index (κ2) is 5.15. The van der Waals surface area contributed by atoms with Gasteiger partial charge in [0.25, 0.3) is 0 Å². The van der Waals surface area contributed by atoms with Gasteiger partial charge < -0.3 is 10.0 Å². The number of carbonyl (C=O) groups excluding carboxylic acids is 1. The van der Waals surface area contributed by atoms with Crippen LogP contribution in [0, 0.1) is 12.3 Å². The Morgan fingerprint density at radius 1 is 1.67 bits per heavy atom. The third kappa shape index (κ3) is 3.22. The molecule has 0 unspecified atom stereocenters. The first-order valence-corrected chi connectivity index (χ1v) is 5.25. The third-order valence-corrected chi connectivity index (χ3v) is 2.54. The molecular formula is C11H18N2O2. The lowest BCUT2D eigenvalue weighted by Gasteiger charge is -2.46. The van der Waals surface area contributed by atoms with Gasteiger partial charge in [-0.1, -0.05) is 19.3 Å². The van der Waals surface area contributed by atoms with Crippen molar-refractivity contribution in [3.8, 4) is 12.3 Å². The molecule has 0 aliphatic carbocycles. The number of hydrogen-bond acceptors (Lipinski definition) is 3. The molecule has 1 fully saturated rings. The molecule has 1 amide bonds. The van der Waals surface area contributed by atoms with Gasteiger partial charge in [-0.05, 0) is 6.42 Å². The van der Waals surface area contributed by atoms with E-state index in [4.69, 9.17) is 6.42 Å². The summed E-state index contributed by atoms with van der Waals surface area (Å²) in [6.45, 7) is 3.59. The van der Waals surface area contributed by atoms with Crippen LogP contribution >= 0.6 is 0 Å². The predicted octanol–water partition coefficient (Wildman–Crippen LogP) is -0.417. The Bertz CT molecular complexity index is 264. The number of likely N-dealkylation sites (tertiary alicyclic amines) is 1. The monoisotopic (exact) mass is 210 g/mol. The van der Waals surface area contributed by atoms with Crippen LogP contribution in [0.3, 0.4) is 0 Å². The van der Waals surface area contributed by atoms with Crippen molar-refractivity contribution in [2.75, 3.05) is 26.2 Å². The van der Waals surface area contributed by atoms with Crippen molar-refractivity contribution < 1.29 is 9.90 Å². The highest BCUT2D eigenvalue weighted by Crippen LogP contribution is 2.25. The number of carbonyl (C=O) groups is 1. The minimum atomic E-state index is -0.642. The first kappa shape index (κ1) is 12.0. The molecule has 0 saturated carbocycles. The highest BCUT2D eigenvalue weighted by Gasteiger charge is 2.42. The molecule has 1 heterocycles. The van der Waals surface area contributed by atoms with E-state index in [1.54, 1.807) is 4.90 Å². The first-order valence-electron chi connectivity index (χ1n) is 5.25. The van der Waals surface area contributed by atoms with Gasteiger partial charge in [0.1, 0.15) is 0 Å². The van der Waals surface area contributed by atoms with Crippen LogP contribution in [-0.4, -0.2) is 47.7 Å². The quantitative estimate of drug-likeness (QED) is 0.479. The Hall–Kier alpha value is -1.05. The van der Waals surface area contributed by atoms with Crippen molar-refractivity contribution in [1.82, 2.24) is 10.2 Å². The second-order valence-corrected chi connectivity index (χ2v) is 4.03. The van der Waals surface area contributed by atoms with Crippen molar-refractivity contribution in [3.63, 3.8) is 0 Å². The van der Waals surface area contributed by atoms with Crippen LogP contribution in [-0.2, 0) is 4.79 Å². The summed E-state index contributed by atoms with van der Waals surface area (Å²) >= 11 is 0. The van der Waals surface area contributed by atoms with Crippen LogP contribution in [0.4, 0.5) is 0 Å². The van der Waals surface area contributed by atoms with Crippen LogP contribution in [0.2, 0.25) is 0 Å². The Balaban J connectivity index is 2.20. The van der Waals surface area contributed by atoms with Crippen molar-refractivity contribution >= 4 is 5.91 Å². The number of terminal acetylenes is 1. The van der Waals surface area contributed by atoms with E-state index in [0.717, 1.165) is 12.8 Å². The largest absolute Gasteiger partial charge is 0.386 e. The standard InChI is InChI=1S/C11H18N2O2/c1-3-5-11(15)8-13(9-11)10(14)7-12-6-4-2/h2,12,15H,3,5-9H2,1H3. The Morgan fingerprint density at radius 2 is 2.33 bits per heavy atom. The molecule has 1 rings (SSSR count). The molecule has 1 aliphatic rings. The summed E-state index contributed by atoms with van der Waals surface area (Å²) in [7, 11) is 0. The number of hydrogen-bond donors (Lipinski definition) is 2. The molecule has 0 radical (unpaired) electrons. The number of nitrogens with zero attached hydrogens (tertiary/aromatic N) is 1. The maximum atomic E-state index is 11.5. The van der Waals surface area contributed by atoms with Gasteiger partial charge in [-0.25, -0.2) is 0 Å². The lowest BCUT2D eigenvalue weighted by Crippen LogP contribution is -2.64. The maximum Gasteiger partial charge on any atom is 0.236 e. The van der Waals surface area contributed by atoms with E-state index in [2.05, 4.69) is 11.2 Å². The SMILES string of the molecule is C#CCNCC(=O)N1CC(O)(CCC)C1. The molecule has 0 aromatic carbocycles. The summed E-state index contributed by atoms with van der Waals surface area (Å²) in [5.74, 6) is 2.41. The van der Waals surface area contributed by atoms with Crippen molar-refractivity contribution in [1.29, 1.82) is 0 Å². The molecule has 0 aromatic rings. The highest BCUT2D eigenvalue weighted by atomic mass is 16.3. The zero-order valence-electron chi connectivity index (χ0n) is 9.12.